The zero-order valence-electron chi connectivity index (χ0n) is 12.9. The maximum absolute atomic E-state index is 12.5. The van der Waals surface area contributed by atoms with Crippen molar-refractivity contribution in [3.05, 3.63) is 42.0 Å². The number of nitrogens with zero attached hydrogens (tertiary/aromatic N) is 3. The summed E-state index contributed by atoms with van der Waals surface area (Å²) in [5, 5.41) is 3.93. The van der Waals surface area contributed by atoms with Crippen LogP contribution in [-0.2, 0) is 0 Å². The van der Waals surface area contributed by atoms with Crippen molar-refractivity contribution >= 4 is 5.91 Å². The highest BCUT2D eigenvalue weighted by Crippen LogP contribution is 2.40. The second kappa shape index (κ2) is 6.02. The van der Waals surface area contributed by atoms with Crippen LogP contribution in [0.3, 0.4) is 0 Å². The quantitative estimate of drug-likeness (QED) is 0.868. The van der Waals surface area contributed by atoms with Crippen LogP contribution in [0, 0.1) is 0 Å². The van der Waals surface area contributed by atoms with Gasteiger partial charge in [-0.25, -0.2) is 0 Å². The van der Waals surface area contributed by atoms with E-state index in [-0.39, 0.29) is 12.0 Å². The predicted molar refractivity (Wildman–Crippen MR) is 82.3 cm³/mol. The van der Waals surface area contributed by atoms with Crippen molar-refractivity contribution < 1.29 is 14.1 Å². The van der Waals surface area contributed by atoms with E-state index in [0.29, 0.717) is 24.7 Å². The largest absolute Gasteiger partial charge is 0.489 e. The molecule has 2 fully saturated rings. The molecule has 1 saturated heterocycles. The van der Waals surface area contributed by atoms with E-state index >= 15 is 0 Å². The van der Waals surface area contributed by atoms with Crippen molar-refractivity contribution in [3.8, 4) is 5.75 Å². The van der Waals surface area contributed by atoms with Gasteiger partial charge in [-0.15, -0.1) is 0 Å². The Hall–Kier alpha value is -2.37. The second-order valence-corrected chi connectivity index (χ2v) is 6.19. The first kappa shape index (κ1) is 14.2. The van der Waals surface area contributed by atoms with Crippen LogP contribution in [0.2, 0.25) is 0 Å². The van der Waals surface area contributed by atoms with Gasteiger partial charge in [-0.3, -0.25) is 9.78 Å². The van der Waals surface area contributed by atoms with Gasteiger partial charge in [0.2, 0.25) is 0 Å². The smallest absolute Gasteiger partial charge is 0.276 e. The molecule has 0 N–H and O–H groups in total. The van der Waals surface area contributed by atoms with E-state index in [0.717, 1.165) is 37.2 Å². The number of aromatic nitrogens is 2. The molecule has 120 valence electrons. The Morgan fingerprint density at radius 1 is 1.26 bits per heavy atom. The van der Waals surface area contributed by atoms with Crippen LogP contribution in [0.5, 0.6) is 5.75 Å². The van der Waals surface area contributed by atoms with Crippen LogP contribution in [0.4, 0.5) is 0 Å². The summed E-state index contributed by atoms with van der Waals surface area (Å²) in [5.74, 6) is 2.06. The molecule has 1 aliphatic heterocycles. The molecule has 2 aromatic rings. The van der Waals surface area contributed by atoms with E-state index in [1.165, 1.54) is 0 Å². The lowest BCUT2D eigenvalue weighted by Crippen LogP contribution is -2.41. The normalized spacial score (nSPS) is 18.9. The number of rotatable bonds is 4. The molecule has 3 heterocycles. The molecule has 1 aliphatic carbocycles. The number of hydrogen-bond donors (Lipinski definition) is 0. The Morgan fingerprint density at radius 2 is 2.09 bits per heavy atom. The van der Waals surface area contributed by atoms with Gasteiger partial charge < -0.3 is 14.2 Å². The minimum Gasteiger partial charge on any atom is -0.489 e. The molecule has 0 unspecified atom stereocenters. The number of likely N-dealkylation sites (tertiary alicyclic amines) is 1. The summed E-state index contributed by atoms with van der Waals surface area (Å²) in [6.07, 6.45) is 7.47. The summed E-state index contributed by atoms with van der Waals surface area (Å²) < 4.78 is 11.2. The van der Waals surface area contributed by atoms with E-state index in [4.69, 9.17) is 9.26 Å². The van der Waals surface area contributed by atoms with E-state index in [2.05, 4.69) is 10.1 Å². The fourth-order valence-corrected chi connectivity index (χ4v) is 2.90. The highest BCUT2D eigenvalue weighted by molar-refractivity contribution is 5.92. The third-order valence-electron chi connectivity index (χ3n) is 4.39. The van der Waals surface area contributed by atoms with Crippen molar-refractivity contribution in [1.82, 2.24) is 15.0 Å². The highest BCUT2D eigenvalue weighted by atomic mass is 16.5. The van der Waals surface area contributed by atoms with Gasteiger partial charge in [-0.2, -0.15) is 0 Å². The molecule has 1 amide bonds. The molecule has 0 spiro atoms. The van der Waals surface area contributed by atoms with Crippen LogP contribution in [-0.4, -0.2) is 40.1 Å². The van der Waals surface area contributed by atoms with Gasteiger partial charge in [0.15, 0.2) is 5.69 Å². The lowest BCUT2D eigenvalue weighted by Gasteiger charge is -2.31. The van der Waals surface area contributed by atoms with Gasteiger partial charge in [0.05, 0.1) is 6.20 Å². The standard InChI is InChI=1S/C17H19N3O3/c21-17(15-10-16(23-19-15)12-3-4-12)20-8-5-13(6-9-20)22-14-2-1-7-18-11-14/h1-2,7,10-13H,3-6,8-9H2. The zero-order chi connectivity index (χ0) is 15.6. The van der Waals surface area contributed by atoms with Gasteiger partial charge in [0.25, 0.3) is 5.91 Å². The summed E-state index contributed by atoms with van der Waals surface area (Å²) in [7, 11) is 0. The molecular weight excluding hydrogens is 294 g/mol. The first-order valence-corrected chi connectivity index (χ1v) is 8.12. The Kier molecular flexibility index (Phi) is 3.73. The zero-order valence-corrected chi connectivity index (χ0v) is 12.9. The van der Waals surface area contributed by atoms with Crippen LogP contribution >= 0.6 is 0 Å². The molecule has 1 saturated carbocycles. The highest BCUT2D eigenvalue weighted by Gasteiger charge is 2.31. The lowest BCUT2D eigenvalue weighted by molar-refractivity contribution is 0.0585. The van der Waals surface area contributed by atoms with Gasteiger partial charge in [0.1, 0.15) is 17.6 Å². The number of pyridine rings is 1. The third kappa shape index (κ3) is 3.21. The van der Waals surface area contributed by atoms with E-state index in [9.17, 15) is 4.79 Å². The number of ether oxygens (including phenoxy) is 1. The maximum Gasteiger partial charge on any atom is 0.276 e. The van der Waals surface area contributed by atoms with E-state index < -0.39 is 0 Å². The fourth-order valence-electron chi connectivity index (χ4n) is 2.90. The molecule has 4 rings (SSSR count). The number of piperidine rings is 1. The Bertz CT molecular complexity index is 673. The van der Waals surface area contributed by atoms with Crippen LogP contribution in [0.15, 0.2) is 35.1 Å². The Labute approximate surface area is 134 Å². The summed E-state index contributed by atoms with van der Waals surface area (Å²) >= 11 is 0. The molecular formula is C17H19N3O3. The predicted octanol–water partition coefficient (Wildman–Crippen LogP) is 2.63. The fraction of sp³-hybridized carbons (Fsp3) is 0.471. The van der Waals surface area contributed by atoms with Gasteiger partial charge >= 0.3 is 0 Å². The van der Waals surface area contributed by atoms with Gasteiger partial charge in [-0.1, -0.05) is 5.16 Å². The first-order valence-electron chi connectivity index (χ1n) is 8.12. The molecule has 6 heteroatoms. The molecule has 6 nitrogen and oxygen atoms in total. The number of carbonyl (C=O) groups is 1. The van der Waals surface area contributed by atoms with E-state index in [1.807, 2.05) is 17.0 Å². The minimum atomic E-state index is -0.0412. The lowest BCUT2D eigenvalue weighted by atomic mass is 10.1. The Morgan fingerprint density at radius 3 is 2.78 bits per heavy atom. The number of carbonyl (C=O) groups excluding carboxylic acids is 1. The average molecular weight is 313 g/mol. The van der Waals surface area contributed by atoms with Crippen molar-refractivity contribution in [3.63, 3.8) is 0 Å². The minimum absolute atomic E-state index is 0.0412. The number of hydrogen-bond acceptors (Lipinski definition) is 5. The SMILES string of the molecule is O=C(c1cc(C2CC2)on1)N1CCC(Oc2cccnc2)CC1. The molecule has 23 heavy (non-hydrogen) atoms. The van der Waals surface area contributed by atoms with Crippen molar-refractivity contribution in [2.45, 2.75) is 37.7 Å². The summed E-state index contributed by atoms with van der Waals surface area (Å²) in [4.78, 5) is 18.4. The average Bonchev–Trinajstić information content (AvgIpc) is 3.33. The second-order valence-electron chi connectivity index (χ2n) is 6.19. The van der Waals surface area contributed by atoms with Crippen molar-refractivity contribution in [2.24, 2.45) is 0 Å². The third-order valence-corrected chi connectivity index (χ3v) is 4.39. The van der Waals surface area contributed by atoms with Crippen LogP contribution in [0.1, 0.15) is 47.8 Å². The van der Waals surface area contributed by atoms with Crippen LogP contribution in [0.25, 0.3) is 0 Å². The first-order chi connectivity index (χ1) is 11.3. The molecule has 0 atom stereocenters. The monoisotopic (exact) mass is 313 g/mol. The van der Waals surface area contributed by atoms with Gasteiger partial charge in [0, 0.05) is 44.1 Å². The summed E-state index contributed by atoms with van der Waals surface area (Å²) in [6.45, 7) is 1.35. The van der Waals surface area contributed by atoms with E-state index in [1.54, 1.807) is 18.5 Å². The maximum atomic E-state index is 12.5. The molecule has 0 radical (unpaired) electrons. The van der Waals surface area contributed by atoms with Crippen molar-refractivity contribution in [2.75, 3.05) is 13.1 Å². The van der Waals surface area contributed by atoms with Crippen LogP contribution < -0.4 is 4.74 Å². The summed E-state index contributed by atoms with van der Waals surface area (Å²) in [5.41, 5.74) is 0.429. The molecule has 2 aromatic heterocycles. The number of amides is 1. The molecule has 2 aliphatic rings. The summed E-state index contributed by atoms with van der Waals surface area (Å²) in [6, 6.07) is 5.56. The molecule has 0 aromatic carbocycles. The van der Waals surface area contributed by atoms with Crippen molar-refractivity contribution in [1.29, 1.82) is 0 Å². The van der Waals surface area contributed by atoms with Gasteiger partial charge in [-0.05, 0) is 25.0 Å². The Balaban J connectivity index is 1.32. The molecule has 0 bridgehead atoms. The topological polar surface area (TPSA) is 68.5 Å².